The fraction of sp³-hybridized carbons (Fsp3) is 0.0980. The normalized spacial score (nSPS) is 17.4. The van der Waals surface area contributed by atoms with Crippen LogP contribution >= 0.6 is 0 Å². The van der Waals surface area contributed by atoms with Gasteiger partial charge < -0.3 is 9.64 Å². The maximum Gasteiger partial charge on any atom is 0.128 e. The Kier molecular flexibility index (Phi) is 6.46. The van der Waals surface area contributed by atoms with Crippen LogP contribution in [0.3, 0.4) is 0 Å². The van der Waals surface area contributed by atoms with Gasteiger partial charge >= 0.3 is 0 Å². The Labute approximate surface area is 309 Å². The fourth-order valence-corrected chi connectivity index (χ4v) is 9.40. The molecular formula is C51H37NO. The van der Waals surface area contributed by atoms with Crippen molar-refractivity contribution in [1.82, 2.24) is 0 Å². The molecule has 0 N–H and O–H groups in total. The van der Waals surface area contributed by atoms with E-state index in [0.29, 0.717) is 0 Å². The molecule has 1 heterocycles. The third kappa shape index (κ3) is 4.45. The summed E-state index contributed by atoms with van der Waals surface area (Å²) in [6.45, 7) is 4.72. The molecule has 1 aliphatic heterocycles. The maximum absolute atomic E-state index is 6.73. The Morgan fingerprint density at radius 3 is 1.87 bits per heavy atom. The molecule has 0 amide bonds. The van der Waals surface area contributed by atoms with Crippen LogP contribution in [0, 0.1) is 0 Å². The molecule has 11 rings (SSSR count). The van der Waals surface area contributed by atoms with Gasteiger partial charge in [0.15, 0.2) is 0 Å². The number of hydrogen-bond acceptors (Lipinski definition) is 2. The third-order valence-electron chi connectivity index (χ3n) is 12.0. The fourth-order valence-electron chi connectivity index (χ4n) is 9.40. The van der Waals surface area contributed by atoms with Crippen molar-refractivity contribution in [1.29, 1.82) is 0 Å². The first-order valence-corrected chi connectivity index (χ1v) is 18.7. The van der Waals surface area contributed by atoms with E-state index in [-0.39, 0.29) is 17.4 Å². The molecule has 0 radical (unpaired) electrons. The van der Waals surface area contributed by atoms with Crippen LogP contribution in [0.5, 0.6) is 5.75 Å². The predicted octanol–water partition coefficient (Wildman–Crippen LogP) is 13.6. The lowest BCUT2D eigenvalue weighted by Gasteiger charge is -2.30. The first-order chi connectivity index (χ1) is 26.0. The summed E-state index contributed by atoms with van der Waals surface area (Å²) in [5, 5.41) is 7.60. The molecule has 2 nitrogen and oxygen atoms in total. The Morgan fingerprint density at radius 2 is 1.09 bits per heavy atom. The van der Waals surface area contributed by atoms with E-state index in [1.807, 2.05) is 0 Å². The molecule has 2 atom stereocenters. The number of benzene rings is 8. The molecule has 2 unspecified atom stereocenters. The second-order valence-corrected chi connectivity index (χ2v) is 15.2. The Balaban J connectivity index is 1.21. The van der Waals surface area contributed by atoms with Crippen LogP contribution in [0.2, 0.25) is 0 Å². The summed E-state index contributed by atoms with van der Waals surface area (Å²) in [7, 11) is 0. The number of fused-ring (bicyclic) bond motifs is 12. The molecule has 0 bridgehead atoms. The van der Waals surface area contributed by atoms with Gasteiger partial charge in [0.25, 0.3) is 0 Å². The predicted molar refractivity (Wildman–Crippen MR) is 222 cm³/mol. The summed E-state index contributed by atoms with van der Waals surface area (Å²) in [6.07, 6.45) is 8.72. The molecule has 0 saturated carbocycles. The average molecular weight is 680 g/mol. The molecule has 0 fully saturated rings. The van der Waals surface area contributed by atoms with Crippen LogP contribution in [0.25, 0.3) is 54.6 Å². The van der Waals surface area contributed by atoms with Crippen molar-refractivity contribution in [2.75, 3.05) is 4.90 Å². The third-order valence-corrected chi connectivity index (χ3v) is 12.0. The zero-order chi connectivity index (χ0) is 35.3. The highest BCUT2D eigenvalue weighted by molar-refractivity contribution is 6.25. The Bertz CT molecular complexity index is 2830. The van der Waals surface area contributed by atoms with E-state index in [0.717, 1.165) is 22.8 Å². The molecule has 252 valence electrons. The Hall–Kier alpha value is -6.38. The van der Waals surface area contributed by atoms with E-state index in [4.69, 9.17) is 4.74 Å². The van der Waals surface area contributed by atoms with Gasteiger partial charge in [-0.2, -0.15) is 0 Å². The summed E-state index contributed by atoms with van der Waals surface area (Å²) in [6, 6.07) is 56.2. The van der Waals surface area contributed by atoms with E-state index in [1.165, 1.54) is 71.3 Å². The maximum atomic E-state index is 6.73. The van der Waals surface area contributed by atoms with Gasteiger partial charge in [0.2, 0.25) is 0 Å². The minimum Gasteiger partial charge on any atom is -0.485 e. The lowest BCUT2D eigenvalue weighted by atomic mass is 9.82. The second-order valence-electron chi connectivity index (χ2n) is 15.2. The van der Waals surface area contributed by atoms with E-state index in [9.17, 15) is 0 Å². The summed E-state index contributed by atoms with van der Waals surface area (Å²) < 4.78 is 6.73. The summed E-state index contributed by atoms with van der Waals surface area (Å²) in [4.78, 5) is 2.47. The molecule has 2 aliphatic carbocycles. The van der Waals surface area contributed by atoms with E-state index >= 15 is 0 Å². The summed E-state index contributed by atoms with van der Waals surface area (Å²) >= 11 is 0. The highest BCUT2D eigenvalue weighted by atomic mass is 16.5. The van der Waals surface area contributed by atoms with Crippen LogP contribution in [0.15, 0.2) is 176 Å². The number of hydrogen-bond donors (Lipinski definition) is 0. The van der Waals surface area contributed by atoms with Gasteiger partial charge in [-0.15, -0.1) is 0 Å². The standard InChI is InChI=1S/C51H37NO/c1-51(2)46-22-12-10-20-40(46)41-27-25-34(29-47(41)51)52(33-24-26-39-37-18-7-6-16-35(37)36-17-8-9-19-38(36)44(39)28-33)48-31-50-45(42-21-11-13-23-49(42)53-50)30-43(48)32-14-4-3-5-15-32/h3-31,42,49H,1-2H3. The highest BCUT2D eigenvalue weighted by Gasteiger charge is 2.37. The van der Waals surface area contributed by atoms with Gasteiger partial charge in [-0.1, -0.05) is 147 Å². The van der Waals surface area contributed by atoms with Crippen LogP contribution in [0.1, 0.15) is 36.5 Å². The van der Waals surface area contributed by atoms with Crippen molar-refractivity contribution in [3.05, 3.63) is 193 Å². The zero-order valence-corrected chi connectivity index (χ0v) is 29.8. The molecule has 3 aliphatic rings. The van der Waals surface area contributed by atoms with Crippen molar-refractivity contribution in [2.24, 2.45) is 0 Å². The van der Waals surface area contributed by atoms with Crippen LogP contribution in [-0.4, -0.2) is 6.10 Å². The quantitative estimate of drug-likeness (QED) is 0.172. The SMILES string of the molecule is CC1(C)c2ccccc2-c2ccc(N(c3ccc4c5ccccc5c5ccccc5c4c3)c3cc4c(cc3-c3ccccc3)C3C=CC=CC3O4)cc21. The monoisotopic (exact) mass is 679 g/mol. The number of rotatable bonds is 4. The molecule has 53 heavy (non-hydrogen) atoms. The number of ether oxygens (including phenoxy) is 1. The first-order valence-electron chi connectivity index (χ1n) is 18.7. The van der Waals surface area contributed by atoms with Crippen molar-refractivity contribution in [2.45, 2.75) is 31.3 Å². The molecular weight excluding hydrogens is 643 g/mol. The minimum absolute atomic E-state index is 0.00179. The lowest BCUT2D eigenvalue weighted by molar-refractivity contribution is 0.269. The smallest absolute Gasteiger partial charge is 0.128 e. The van der Waals surface area contributed by atoms with Crippen LogP contribution in [0.4, 0.5) is 17.1 Å². The van der Waals surface area contributed by atoms with Crippen molar-refractivity contribution >= 4 is 49.4 Å². The lowest BCUT2D eigenvalue weighted by Crippen LogP contribution is -2.17. The summed E-state index contributed by atoms with van der Waals surface area (Å²) in [5.74, 6) is 1.14. The minimum atomic E-state index is -0.135. The van der Waals surface area contributed by atoms with Crippen LogP contribution < -0.4 is 9.64 Å². The van der Waals surface area contributed by atoms with Gasteiger partial charge in [-0.05, 0) is 96.5 Å². The molecule has 0 spiro atoms. The summed E-state index contributed by atoms with van der Waals surface area (Å²) in [5.41, 5.74) is 12.2. The zero-order valence-electron chi connectivity index (χ0n) is 29.8. The molecule has 0 saturated heterocycles. The van der Waals surface area contributed by atoms with E-state index in [2.05, 4.69) is 195 Å². The van der Waals surface area contributed by atoms with Crippen molar-refractivity contribution < 1.29 is 4.74 Å². The van der Waals surface area contributed by atoms with Crippen molar-refractivity contribution in [3.63, 3.8) is 0 Å². The van der Waals surface area contributed by atoms with Crippen LogP contribution in [-0.2, 0) is 5.41 Å². The van der Waals surface area contributed by atoms with Gasteiger partial charge in [0, 0.05) is 39.9 Å². The van der Waals surface area contributed by atoms with Crippen molar-refractivity contribution in [3.8, 4) is 28.0 Å². The van der Waals surface area contributed by atoms with E-state index in [1.54, 1.807) is 0 Å². The average Bonchev–Trinajstić information content (AvgIpc) is 3.69. The van der Waals surface area contributed by atoms with Gasteiger partial charge in [0.1, 0.15) is 11.9 Å². The molecule has 0 aromatic heterocycles. The molecule has 2 heteroatoms. The topological polar surface area (TPSA) is 12.5 Å². The molecule has 8 aromatic rings. The van der Waals surface area contributed by atoms with Gasteiger partial charge in [-0.25, -0.2) is 0 Å². The largest absolute Gasteiger partial charge is 0.485 e. The second kappa shape index (κ2) is 11.3. The van der Waals surface area contributed by atoms with Gasteiger partial charge in [0.05, 0.1) is 5.69 Å². The van der Waals surface area contributed by atoms with E-state index < -0.39 is 0 Å². The number of anilines is 3. The highest BCUT2D eigenvalue weighted by Crippen LogP contribution is 2.53. The van der Waals surface area contributed by atoms with Gasteiger partial charge in [-0.3, -0.25) is 0 Å². The number of allylic oxidation sites excluding steroid dienone is 2. The molecule has 8 aromatic carbocycles. The Morgan fingerprint density at radius 1 is 0.491 bits per heavy atom. The number of nitrogens with zero attached hydrogens (tertiary/aromatic N) is 1. The first kappa shape index (κ1) is 30.3.